The summed E-state index contributed by atoms with van der Waals surface area (Å²) in [5.74, 6) is -1.60. The van der Waals surface area contributed by atoms with E-state index in [1.165, 1.54) is 6.08 Å². The van der Waals surface area contributed by atoms with Crippen LogP contribution in [0, 0.1) is 12.8 Å². The number of rotatable bonds is 7. The van der Waals surface area contributed by atoms with Crippen LogP contribution in [0.2, 0.25) is 0 Å². The Morgan fingerprint density at radius 1 is 1.03 bits per heavy atom. The number of nitrogens with one attached hydrogen (secondary N) is 2. The Balaban J connectivity index is 1.90. The molecule has 31 heavy (non-hydrogen) atoms. The van der Waals surface area contributed by atoms with E-state index in [1.807, 2.05) is 6.92 Å². The molecule has 0 saturated heterocycles. The second kappa shape index (κ2) is 9.34. The zero-order valence-corrected chi connectivity index (χ0v) is 17.5. The molecule has 2 amide bonds. The highest BCUT2D eigenvalue weighted by molar-refractivity contribution is 6.06. The highest BCUT2D eigenvalue weighted by atomic mass is 16.7. The van der Waals surface area contributed by atoms with E-state index in [9.17, 15) is 19.5 Å². The normalized spacial score (nSPS) is 13.6. The van der Waals surface area contributed by atoms with E-state index in [2.05, 4.69) is 10.6 Å². The van der Waals surface area contributed by atoms with Crippen LogP contribution in [0.4, 0.5) is 0 Å². The van der Waals surface area contributed by atoms with Crippen molar-refractivity contribution in [3.8, 4) is 11.5 Å². The molecular formula is C23H24N2O6. The van der Waals surface area contributed by atoms with Crippen molar-refractivity contribution in [1.29, 1.82) is 0 Å². The molecule has 0 fully saturated rings. The Hall–Kier alpha value is -3.81. The summed E-state index contributed by atoms with van der Waals surface area (Å²) in [6.45, 7) is 5.38. The summed E-state index contributed by atoms with van der Waals surface area (Å²) in [6, 6.07) is 10.8. The largest absolute Gasteiger partial charge is 0.480 e. The van der Waals surface area contributed by atoms with Crippen LogP contribution in [-0.2, 0) is 9.59 Å². The van der Waals surface area contributed by atoms with E-state index in [0.717, 1.165) is 5.56 Å². The number of carboxylic acids is 1. The Labute approximate surface area is 179 Å². The second-order valence-electron chi connectivity index (χ2n) is 7.52. The van der Waals surface area contributed by atoms with Crippen LogP contribution in [0.1, 0.15) is 35.3 Å². The Kier molecular flexibility index (Phi) is 6.59. The molecule has 1 aliphatic rings. The van der Waals surface area contributed by atoms with Crippen molar-refractivity contribution >= 4 is 23.9 Å². The van der Waals surface area contributed by atoms with E-state index in [4.69, 9.17) is 9.47 Å². The quantitative estimate of drug-likeness (QED) is 0.589. The first-order chi connectivity index (χ1) is 14.7. The van der Waals surface area contributed by atoms with Gasteiger partial charge in [0.05, 0.1) is 0 Å². The van der Waals surface area contributed by atoms with Gasteiger partial charge in [-0.3, -0.25) is 9.59 Å². The molecule has 0 radical (unpaired) electrons. The van der Waals surface area contributed by atoms with Crippen LogP contribution in [-0.4, -0.2) is 35.7 Å². The van der Waals surface area contributed by atoms with Crippen molar-refractivity contribution < 1.29 is 29.0 Å². The number of carbonyl (C=O) groups is 3. The number of fused-ring (bicyclic) bond motifs is 1. The third-order valence-electron chi connectivity index (χ3n) is 4.73. The number of hydrogen-bond donors (Lipinski definition) is 3. The van der Waals surface area contributed by atoms with Crippen molar-refractivity contribution in [2.24, 2.45) is 5.92 Å². The van der Waals surface area contributed by atoms with E-state index in [1.54, 1.807) is 56.3 Å². The lowest BCUT2D eigenvalue weighted by Crippen LogP contribution is -2.47. The smallest absolute Gasteiger partial charge is 0.326 e. The molecule has 2 aromatic carbocycles. The van der Waals surface area contributed by atoms with E-state index in [-0.39, 0.29) is 18.4 Å². The maximum absolute atomic E-state index is 12.9. The van der Waals surface area contributed by atoms with Gasteiger partial charge in [0, 0.05) is 5.56 Å². The summed E-state index contributed by atoms with van der Waals surface area (Å²) in [7, 11) is 0. The van der Waals surface area contributed by atoms with Gasteiger partial charge < -0.3 is 25.2 Å². The summed E-state index contributed by atoms with van der Waals surface area (Å²) in [6.07, 6.45) is 1.46. The van der Waals surface area contributed by atoms with Gasteiger partial charge in [-0.1, -0.05) is 37.6 Å². The van der Waals surface area contributed by atoms with Crippen LogP contribution < -0.4 is 20.1 Å². The number of ether oxygens (including phenoxy) is 2. The molecule has 162 valence electrons. The third kappa shape index (κ3) is 5.42. The number of aliphatic carboxylic acids is 1. The maximum Gasteiger partial charge on any atom is 0.326 e. The molecule has 3 N–H and O–H groups in total. The summed E-state index contributed by atoms with van der Waals surface area (Å²) in [5, 5.41) is 14.5. The number of carbonyl (C=O) groups excluding carboxylic acids is 2. The van der Waals surface area contributed by atoms with Gasteiger partial charge in [0.15, 0.2) is 11.5 Å². The molecule has 0 aliphatic carbocycles. The average molecular weight is 424 g/mol. The van der Waals surface area contributed by atoms with Gasteiger partial charge in [-0.25, -0.2) is 4.79 Å². The SMILES string of the molecule is Cc1ccc(C(=O)N/C(=C\c2ccc3c(c2)OCO3)C(=O)N[C@H](C(=O)O)C(C)C)cc1. The van der Waals surface area contributed by atoms with Gasteiger partial charge in [-0.05, 0) is 48.7 Å². The van der Waals surface area contributed by atoms with Crippen LogP contribution in [0.25, 0.3) is 6.08 Å². The first-order valence-corrected chi connectivity index (χ1v) is 9.77. The lowest BCUT2D eigenvalue weighted by atomic mass is 10.0. The molecule has 8 heteroatoms. The predicted molar refractivity (Wildman–Crippen MR) is 114 cm³/mol. The van der Waals surface area contributed by atoms with Crippen molar-refractivity contribution in [3.63, 3.8) is 0 Å². The molecule has 2 aromatic rings. The minimum absolute atomic E-state index is 0.0867. The average Bonchev–Trinajstić information content (AvgIpc) is 3.19. The third-order valence-corrected chi connectivity index (χ3v) is 4.73. The fraction of sp³-hybridized carbons (Fsp3) is 0.261. The molecule has 1 heterocycles. The number of hydrogen-bond acceptors (Lipinski definition) is 5. The van der Waals surface area contributed by atoms with Crippen LogP contribution in [0.3, 0.4) is 0 Å². The van der Waals surface area contributed by atoms with Crippen LogP contribution in [0.5, 0.6) is 11.5 Å². The van der Waals surface area contributed by atoms with Gasteiger partial charge >= 0.3 is 5.97 Å². The number of carboxylic acid groups (broad SMARTS) is 1. The topological polar surface area (TPSA) is 114 Å². The zero-order chi connectivity index (χ0) is 22.5. The molecular weight excluding hydrogens is 400 g/mol. The van der Waals surface area contributed by atoms with Crippen molar-refractivity contribution in [2.45, 2.75) is 26.8 Å². The summed E-state index contributed by atoms with van der Waals surface area (Å²) < 4.78 is 10.6. The van der Waals surface area contributed by atoms with Gasteiger partial charge in [0.2, 0.25) is 6.79 Å². The lowest BCUT2D eigenvalue weighted by molar-refractivity contribution is -0.142. The molecule has 0 aromatic heterocycles. The van der Waals surface area contributed by atoms with Gasteiger partial charge in [0.1, 0.15) is 11.7 Å². The maximum atomic E-state index is 12.9. The van der Waals surface area contributed by atoms with Crippen molar-refractivity contribution in [2.75, 3.05) is 6.79 Å². The molecule has 0 spiro atoms. The van der Waals surface area contributed by atoms with Crippen LogP contribution >= 0.6 is 0 Å². The van der Waals surface area contributed by atoms with E-state index >= 15 is 0 Å². The first-order valence-electron chi connectivity index (χ1n) is 9.77. The van der Waals surface area contributed by atoms with E-state index in [0.29, 0.717) is 22.6 Å². The summed E-state index contributed by atoms with van der Waals surface area (Å²) in [4.78, 5) is 37.1. The molecule has 8 nitrogen and oxygen atoms in total. The molecule has 0 bridgehead atoms. The van der Waals surface area contributed by atoms with E-state index < -0.39 is 23.8 Å². The fourth-order valence-electron chi connectivity index (χ4n) is 2.96. The number of aryl methyl sites for hydroxylation is 1. The van der Waals surface area contributed by atoms with Crippen molar-refractivity contribution in [3.05, 3.63) is 64.9 Å². The predicted octanol–water partition coefficient (Wildman–Crippen LogP) is 2.72. The lowest BCUT2D eigenvalue weighted by Gasteiger charge is -2.19. The van der Waals surface area contributed by atoms with Gasteiger partial charge in [0.25, 0.3) is 11.8 Å². The standard InChI is InChI=1S/C23H24N2O6/c1-13(2)20(23(28)29)25-22(27)17(24-21(26)16-7-4-14(3)5-8-16)10-15-6-9-18-19(11-15)31-12-30-18/h4-11,13,20H,12H2,1-3H3,(H,24,26)(H,25,27)(H,28,29)/b17-10-/t20-/m0/s1. The fourth-order valence-corrected chi connectivity index (χ4v) is 2.96. The number of benzene rings is 2. The van der Waals surface area contributed by atoms with Crippen LogP contribution in [0.15, 0.2) is 48.2 Å². The van der Waals surface area contributed by atoms with Gasteiger partial charge in [-0.15, -0.1) is 0 Å². The van der Waals surface area contributed by atoms with Gasteiger partial charge in [-0.2, -0.15) is 0 Å². The molecule has 3 rings (SSSR count). The molecule has 0 saturated carbocycles. The molecule has 1 atom stereocenters. The summed E-state index contributed by atoms with van der Waals surface area (Å²) in [5.41, 5.74) is 1.85. The highest BCUT2D eigenvalue weighted by Gasteiger charge is 2.26. The Bertz CT molecular complexity index is 1030. The zero-order valence-electron chi connectivity index (χ0n) is 17.5. The Morgan fingerprint density at radius 2 is 1.71 bits per heavy atom. The van der Waals surface area contributed by atoms with Crippen molar-refractivity contribution in [1.82, 2.24) is 10.6 Å². The monoisotopic (exact) mass is 424 g/mol. The Morgan fingerprint density at radius 3 is 2.35 bits per heavy atom. The second-order valence-corrected chi connectivity index (χ2v) is 7.52. The number of amides is 2. The first kappa shape index (κ1) is 21.9. The molecule has 1 aliphatic heterocycles. The highest BCUT2D eigenvalue weighted by Crippen LogP contribution is 2.33. The summed E-state index contributed by atoms with van der Waals surface area (Å²) >= 11 is 0. The minimum atomic E-state index is -1.16. The minimum Gasteiger partial charge on any atom is -0.480 e. The molecule has 0 unspecified atom stereocenters.